The maximum atomic E-state index is 14.2. The molecule has 0 bridgehead atoms. The second-order valence-electron chi connectivity index (χ2n) is 11.1. The SMILES string of the molecule is COCCCCn1c(C(=O)N(CC(C)C)C2CNCC(C(=O)N3CCOCC3)C2)cc2c1C(=O)CCC2. The number of nitrogens with one attached hydrogen (secondary N) is 1. The van der Waals surface area contributed by atoms with E-state index in [1.54, 1.807) is 7.11 Å². The van der Waals surface area contributed by atoms with Gasteiger partial charge in [0.15, 0.2) is 5.78 Å². The van der Waals surface area contributed by atoms with Gasteiger partial charge in [0.2, 0.25) is 5.91 Å². The van der Waals surface area contributed by atoms with E-state index in [9.17, 15) is 14.4 Å². The number of carbonyl (C=O) groups is 3. The van der Waals surface area contributed by atoms with Crippen LogP contribution in [0.4, 0.5) is 0 Å². The number of aromatic nitrogens is 1. The molecular formula is C28H44N4O5. The molecular weight excluding hydrogens is 472 g/mol. The molecule has 37 heavy (non-hydrogen) atoms. The van der Waals surface area contributed by atoms with Gasteiger partial charge in [0.05, 0.1) is 24.8 Å². The number of ether oxygens (including phenoxy) is 2. The van der Waals surface area contributed by atoms with Crippen LogP contribution in [-0.2, 0) is 27.2 Å². The zero-order chi connectivity index (χ0) is 26.4. The largest absolute Gasteiger partial charge is 0.385 e. The van der Waals surface area contributed by atoms with Gasteiger partial charge in [0, 0.05) is 65.4 Å². The minimum atomic E-state index is -0.157. The Morgan fingerprint density at radius 2 is 1.97 bits per heavy atom. The number of Topliss-reactive ketones (excluding diaryl/α,β-unsaturated/α-hetero) is 1. The van der Waals surface area contributed by atoms with Crippen LogP contribution in [0.1, 0.15) is 72.5 Å². The highest BCUT2D eigenvalue weighted by molar-refractivity contribution is 6.01. The number of amides is 2. The summed E-state index contributed by atoms with van der Waals surface area (Å²) in [5.74, 6) is 0.377. The molecule has 1 aromatic rings. The average Bonchev–Trinajstić information content (AvgIpc) is 3.29. The summed E-state index contributed by atoms with van der Waals surface area (Å²) in [5.41, 5.74) is 2.33. The highest BCUT2D eigenvalue weighted by Crippen LogP contribution is 2.29. The molecule has 2 aliphatic heterocycles. The van der Waals surface area contributed by atoms with Gasteiger partial charge in [-0.05, 0) is 49.7 Å². The van der Waals surface area contributed by atoms with Gasteiger partial charge in [-0.3, -0.25) is 14.4 Å². The van der Waals surface area contributed by atoms with E-state index >= 15 is 0 Å². The van der Waals surface area contributed by atoms with Crippen LogP contribution in [-0.4, -0.2) is 97.7 Å². The van der Waals surface area contributed by atoms with Crippen LogP contribution in [0, 0.1) is 11.8 Å². The van der Waals surface area contributed by atoms with Crippen molar-refractivity contribution in [3.8, 4) is 0 Å². The lowest BCUT2D eigenvalue weighted by Gasteiger charge is -2.40. The van der Waals surface area contributed by atoms with Gasteiger partial charge in [-0.2, -0.15) is 0 Å². The number of hydrogen-bond acceptors (Lipinski definition) is 6. The van der Waals surface area contributed by atoms with Crippen LogP contribution in [0.25, 0.3) is 0 Å². The number of methoxy groups -OCH3 is 1. The van der Waals surface area contributed by atoms with Gasteiger partial charge >= 0.3 is 0 Å². The highest BCUT2D eigenvalue weighted by Gasteiger charge is 2.37. The molecule has 1 aromatic heterocycles. The Bertz CT molecular complexity index is 953. The summed E-state index contributed by atoms with van der Waals surface area (Å²) < 4.78 is 12.6. The van der Waals surface area contributed by atoms with E-state index in [2.05, 4.69) is 19.2 Å². The maximum absolute atomic E-state index is 14.2. The molecule has 0 aromatic carbocycles. The first-order chi connectivity index (χ1) is 17.9. The second kappa shape index (κ2) is 13.0. The van der Waals surface area contributed by atoms with Crippen molar-refractivity contribution in [1.29, 1.82) is 0 Å². The summed E-state index contributed by atoms with van der Waals surface area (Å²) in [6, 6.07) is 1.88. The number of rotatable bonds is 10. The standard InChI is InChI=1S/C28H44N4O5/c1-20(2)19-32(23-15-22(17-29-18-23)27(34)30-10-13-37-14-11-30)28(35)24-16-21-7-6-8-25(33)26(21)31(24)9-4-5-12-36-3/h16,20,22-23,29H,4-15,17-19H2,1-3H3. The summed E-state index contributed by atoms with van der Waals surface area (Å²) in [4.78, 5) is 44.3. The number of hydrogen-bond donors (Lipinski definition) is 1. The molecule has 2 saturated heterocycles. The molecule has 9 heteroatoms. The third kappa shape index (κ3) is 6.62. The van der Waals surface area contributed by atoms with Crippen LogP contribution in [0.2, 0.25) is 0 Å². The van der Waals surface area contributed by atoms with Crippen LogP contribution >= 0.6 is 0 Å². The van der Waals surface area contributed by atoms with Crippen molar-refractivity contribution < 1.29 is 23.9 Å². The lowest BCUT2D eigenvalue weighted by molar-refractivity contribution is -0.140. The summed E-state index contributed by atoms with van der Waals surface area (Å²) in [5, 5.41) is 3.44. The Morgan fingerprint density at radius 3 is 2.70 bits per heavy atom. The van der Waals surface area contributed by atoms with Crippen molar-refractivity contribution in [2.45, 2.75) is 65.0 Å². The zero-order valence-electron chi connectivity index (χ0n) is 22.8. The number of fused-ring (bicyclic) bond motifs is 1. The minimum Gasteiger partial charge on any atom is -0.385 e. The number of nitrogens with zero attached hydrogens (tertiary/aromatic N) is 3. The fourth-order valence-electron chi connectivity index (χ4n) is 5.93. The van der Waals surface area contributed by atoms with Gasteiger partial charge in [-0.15, -0.1) is 0 Å². The monoisotopic (exact) mass is 516 g/mol. The summed E-state index contributed by atoms with van der Waals surface area (Å²) >= 11 is 0. The molecule has 9 nitrogen and oxygen atoms in total. The lowest BCUT2D eigenvalue weighted by atomic mass is 9.92. The van der Waals surface area contributed by atoms with Gasteiger partial charge < -0.3 is 29.2 Å². The van der Waals surface area contributed by atoms with E-state index in [4.69, 9.17) is 9.47 Å². The third-order valence-corrected chi connectivity index (χ3v) is 7.75. The molecule has 2 fully saturated rings. The Labute approximate surface area is 220 Å². The molecule has 4 rings (SSSR count). The van der Waals surface area contributed by atoms with E-state index < -0.39 is 0 Å². The van der Waals surface area contributed by atoms with Crippen molar-refractivity contribution in [3.05, 3.63) is 23.0 Å². The Balaban J connectivity index is 1.57. The summed E-state index contributed by atoms with van der Waals surface area (Å²) in [6.45, 7) is 9.85. The van der Waals surface area contributed by atoms with Crippen molar-refractivity contribution >= 4 is 17.6 Å². The topological polar surface area (TPSA) is 93.1 Å². The zero-order valence-corrected chi connectivity index (χ0v) is 22.8. The van der Waals surface area contributed by atoms with Crippen LogP contribution < -0.4 is 5.32 Å². The fraction of sp³-hybridized carbons (Fsp3) is 0.750. The number of ketones is 1. The minimum absolute atomic E-state index is 0.0334. The first-order valence-electron chi connectivity index (χ1n) is 14.0. The van der Waals surface area contributed by atoms with E-state index in [-0.39, 0.29) is 35.5 Å². The molecule has 3 heterocycles. The van der Waals surface area contributed by atoms with Gasteiger partial charge in [-0.1, -0.05) is 13.8 Å². The third-order valence-electron chi connectivity index (χ3n) is 7.75. The van der Waals surface area contributed by atoms with Crippen molar-refractivity contribution in [2.75, 3.05) is 59.7 Å². The smallest absolute Gasteiger partial charge is 0.270 e. The second-order valence-corrected chi connectivity index (χ2v) is 11.1. The molecule has 206 valence electrons. The van der Waals surface area contributed by atoms with Crippen molar-refractivity contribution in [1.82, 2.24) is 19.7 Å². The predicted octanol–water partition coefficient (Wildman–Crippen LogP) is 2.37. The maximum Gasteiger partial charge on any atom is 0.270 e. The van der Waals surface area contributed by atoms with E-state index in [1.807, 2.05) is 20.4 Å². The molecule has 1 aliphatic carbocycles. The molecule has 0 saturated carbocycles. The number of piperidine rings is 1. The van der Waals surface area contributed by atoms with Gasteiger partial charge in [0.1, 0.15) is 5.69 Å². The average molecular weight is 517 g/mol. The Morgan fingerprint density at radius 1 is 1.19 bits per heavy atom. The lowest BCUT2D eigenvalue weighted by Crippen LogP contribution is -2.56. The molecule has 0 radical (unpaired) electrons. The fourth-order valence-corrected chi connectivity index (χ4v) is 5.93. The Kier molecular flexibility index (Phi) is 9.78. The summed E-state index contributed by atoms with van der Waals surface area (Å²) in [6.07, 6.45) is 4.57. The Hall–Kier alpha value is -2.23. The molecule has 0 spiro atoms. The van der Waals surface area contributed by atoms with Crippen molar-refractivity contribution in [2.24, 2.45) is 11.8 Å². The van der Waals surface area contributed by atoms with Crippen LogP contribution in [0.5, 0.6) is 0 Å². The number of aryl methyl sites for hydroxylation is 1. The molecule has 2 atom stereocenters. The number of morpholine rings is 1. The number of carbonyl (C=O) groups excluding carboxylic acids is 3. The quantitative estimate of drug-likeness (QED) is 0.480. The molecule has 1 N–H and O–H groups in total. The van der Waals surface area contributed by atoms with Crippen LogP contribution in [0.15, 0.2) is 6.07 Å². The van der Waals surface area contributed by atoms with Crippen molar-refractivity contribution in [3.63, 3.8) is 0 Å². The highest BCUT2D eigenvalue weighted by atomic mass is 16.5. The number of unbranched alkanes of at least 4 members (excludes halogenated alkanes) is 1. The predicted molar refractivity (Wildman–Crippen MR) is 141 cm³/mol. The summed E-state index contributed by atoms with van der Waals surface area (Å²) in [7, 11) is 1.69. The van der Waals surface area contributed by atoms with Gasteiger partial charge in [0.25, 0.3) is 5.91 Å². The first kappa shape index (κ1) is 27.8. The van der Waals surface area contributed by atoms with Gasteiger partial charge in [-0.25, -0.2) is 0 Å². The molecule has 2 unspecified atom stereocenters. The molecule has 3 aliphatic rings. The first-order valence-corrected chi connectivity index (χ1v) is 14.0. The van der Waals surface area contributed by atoms with E-state index in [0.717, 1.165) is 36.9 Å². The normalized spacial score (nSPS) is 22.3. The van der Waals surface area contributed by atoms with E-state index in [1.165, 1.54) is 0 Å². The molecule has 2 amide bonds. The van der Waals surface area contributed by atoms with Crippen LogP contribution in [0.3, 0.4) is 0 Å². The van der Waals surface area contributed by atoms with E-state index in [0.29, 0.717) is 77.6 Å².